The van der Waals surface area contributed by atoms with E-state index in [9.17, 15) is 4.79 Å². The lowest BCUT2D eigenvalue weighted by Gasteiger charge is -2.14. The molecule has 70 valence electrons. The summed E-state index contributed by atoms with van der Waals surface area (Å²) in [6, 6.07) is 0. The van der Waals surface area contributed by atoms with E-state index in [1.165, 1.54) is 13.8 Å². The van der Waals surface area contributed by atoms with Gasteiger partial charge in [0.1, 0.15) is 11.9 Å². The molecule has 0 rings (SSSR count). The van der Waals surface area contributed by atoms with Gasteiger partial charge in [-0.05, 0) is 19.4 Å². The summed E-state index contributed by atoms with van der Waals surface area (Å²) in [6.45, 7) is 3.07. The molecule has 5 nitrogen and oxygen atoms in total. The van der Waals surface area contributed by atoms with Gasteiger partial charge in [0.05, 0.1) is 0 Å². The summed E-state index contributed by atoms with van der Waals surface area (Å²) in [7, 11) is 0. The van der Waals surface area contributed by atoms with Crippen LogP contribution in [0, 0.1) is 0 Å². The number of primary amides is 1. The number of amides is 1. The van der Waals surface area contributed by atoms with Crippen LogP contribution in [-0.2, 0) is 4.79 Å². The van der Waals surface area contributed by atoms with Crippen LogP contribution in [-0.4, -0.2) is 33.4 Å². The van der Waals surface area contributed by atoms with Crippen molar-refractivity contribution in [1.82, 2.24) is 0 Å². The third kappa shape index (κ3) is 2.52. The van der Waals surface area contributed by atoms with Crippen molar-refractivity contribution in [3.63, 3.8) is 0 Å². The molecule has 0 aromatic heterocycles. The van der Waals surface area contributed by atoms with Crippen molar-refractivity contribution < 1.29 is 20.1 Å². The minimum absolute atomic E-state index is 0.419. The molecule has 0 aliphatic carbocycles. The second kappa shape index (κ2) is 4.08. The van der Waals surface area contributed by atoms with Gasteiger partial charge in [0.15, 0.2) is 6.10 Å². The number of carbonyl (C=O) groups is 1. The molecule has 0 unspecified atom stereocenters. The molecular weight excluding hydrogens is 162 g/mol. The minimum atomic E-state index is -1.76. The van der Waals surface area contributed by atoms with Gasteiger partial charge < -0.3 is 21.1 Å². The van der Waals surface area contributed by atoms with E-state index in [2.05, 4.69) is 0 Å². The Kier molecular flexibility index (Phi) is 3.72. The molecule has 0 saturated heterocycles. The summed E-state index contributed by atoms with van der Waals surface area (Å²) in [5.41, 5.74) is 5.11. The van der Waals surface area contributed by atoms with E-state index in [-0.39, 0.29) is 0 Å². The van der Waals surface area contributed by atoms with Crippen LogP contribution in [0.2, 0.25) is 0 Å². The molecule has 12 heavy (non-hydrogen) atoms. The Morgan fingerprint density at radius 1 is 1.25 bits per heavy atom. The molecule has 1 amide bonds. The zero-order valence-corrected chi connectivity index (χ0v) is 6.98. The number of hydrogen-bond acceptors (Lipinski definition) is 4. The maximum atomic E-state index is 10.3. The molecule has 0 saturated carbocycles. The lowest BCUT2D eigenvalue weighted by molar-refractivity contribution is -0.131. The van der Waals surface area contributed by atoms with Gasteiger partial charge >= 0.3 is 0 Å². The lowest BCUT2D eigenvalue weighted by atomic mass is 10.1. The molecule has 5 heteroatoms. The Balaban J connectivity index is 4.50. The normalized spacial score (nSPS) is 15.0. The van der Waals surface area contributed by atoms with Gasteiger partial charge in [-0.15, -0.1) is 0 Å². The molecule has 0 aliphatic heterocycles. The number of aliphatic hydroxyl groups excluding tert-OH is 3. The van der Waals surface area contributed by atoms with Crippen molar-refractivity contribution in [2.75, 3.05) is 0 Å². The quantitative estimate of drug-likeness (QED) is 0.415. The Morgan fingerprint density at radius 3 is 1.92 bits per heavy atom. The highest BCUT2D eigenvalue weighted by atomic mass is 16.4. The Morgan fingerprint density at radius 2 is 1.67 bits per heavy atom. The van der Waals surface area contributed by atoms with Gasteiger partial charge in [-0.2, -0.15) is 0 Å². The van der Waals surface area contributed by atoms with Crippen molar-refractivity contribution in [3.05, 3.63) is 11.3 Å². The van der Waals surface area contributed by atoms with Crippen LogP contribution >= 0.6 is 0 Å². The fourth-order valence-electron chi connectivity index (χ4n) is 0.601. The van der Waals surface area contributed by atoms with Gasteiger partial charge in [0.25, 0.3) is 0 Å². The number of allylic oxidation sites excluding steroid dienone is 1. The van der Waals surface area contributed by atoms with Crippen molar-refractivity contribution in [3.8, 4) is 0 Å². The second-order valence-corrected chi connectivity index (χ2v) is 2.68. The van der Waals surface area contributed by atoms with Crippen molar-refractivity contribution in [2.45, 2.75) is 26.1 Å². The highest BCUT2D eigenvalue weighted by Crippen LogP contribution is 2.08. The monoisotopic (exact) mass is 175 g/mol. The van der Waals surface area contributed by atoms with E-state index in [4.69, 9.17) is 21.1 Å². The highest BCUT2D eigenvalue weighted by molar-refractivity contribution is 5.79. The van der Waals surface area contributed by atoms with E-state index in [0.717, 1.165) is 0 Å². The Bertz CT molecular complexity index is 207. The SMILES string of the molecule is CC(C)=C(O)[C@@H](O)[C@@H](O)C(N)=O. The molecule has 5 N–H and O–H groups in total. The maximum absolute atomic E-state index is 10.3. The smallest absolute Gasteiger partial charge is 0.249 e. The molecule has 0 aromatic carbocycles. The van der Waals surface area contributed by atoms with Gasteiger partial charge in [-0.25, -0.2) is 0 Å². The molecule has 0 radical (unpaired) electrons. The largest absolute Gasteiger partial charge is 0.510 e. The van der Waals surface area contributed by atoms with Crippen LogP contribution in [0.4, 0.5) is 0 Å². The third-order valence-corrected chi connectivity index (χ3v) is 1.38. The van der Waals surface area contributed by atoms with Crippen LogP contribution in [0.25, 0.3) is 0 Å². The summed E-state index contributed by atoms with van der Waals surface area (Å²) in [5.74, 6) is -1.50. The zero-order chi connectivity index (χ0) is 9.89. The van der Waals surface area contributed by atoms with Crippen molar-refractivity contribution in [2.24, 2.45) is 5.73 Å². The fraction of sp³-hybridized carbons (Fsp3) is 0.571. The van der Waals surface area contributed by atoms with Crippen molar-refractivity contribution in [1.29, 1.82) is 0 Å². The van der Waals surface area contributed by atoms with E-state index < -0.39 is 23.9 Å². The first-order chi connectivity index (χ1) is 5.37. The predicted molar refractivity (Wildman–Crippen MR) is 42.2 cm³/mol. The van der Waals surface area contributed by atoms with Crippen LogP contribution in [0.5, 0.6) is 0 Å². The first-order valence-corrected chi connectivity index (χ1v) is 3.39. The fourth-order valence-corrected chi connectivity index (χ4v) is 0.601. The summed E-state index contributed by atoms with van der Waals surface area (Å²) in [6.07, 6.45) is -3.40. The third-order valence-electron chi connectivity index (χ3n) is 1.38. The average Bonchev–Trinajstić information content (AvgIpc) is 2.00. The van der Waals surface area contributed by atoms with E-state index in [0.29, 0.717) is 5.57 Å². The number of rotatable bonds is 3. The maximum Gasteiger partial charge on any atom is 0.249 e. The summed E-state index contributed by atoms with van der Waals surface area (Å²) in [4.78, 5) is 10.3. The summed E-state index contributed by atoms with van der Waals surface area (Å²) in [5, 5.41) is 27.0. The number of hydrogen-bond donors (Lipinski definition) is 4. The van der Waals surface area contributed by atoms with Crippen LogP contribution in [0.1, 0.15) is 13.8 Å². The average molecular weight is 175 g/mol. The summed E-state index contributed by atoms with van der Waals surface area (Å²) >= 11 is 0. The number of carbonyl (C=O) groups excluding carboxylic acids is 1. The van der Waals surface area contributed by atoms with Gasteiger partial charge in [0.2, 0.25) is 5.91 Å². The Hall–Kier alpha value is -1.07. The van der Waals surface area contributed by atoms with E-state index >= 15 is 0 Å². The predicted octanol–water partition coefficient (Wildman–Crippen LogP) is -0.955. The van der Waals surface area contributed by atoms with Crippen LogP contribution in [0.3, 0.4) is 0 Å². The Labute approximate surface area is 70.1 Å². The molecule has 0 heterocycles. The molecule has 0 spiro atoms. The van der Waals surface area contributed by atoms with E-state index in [1.807, 2.05) is 0 Å². The van der Waals surface area contributed by atoms with E-state index in [1.54, 1.807) is 0 Å². The van der Waals surface area contributed by atoms with Crippen LogP contribution in [0.15, 0.2) is 11.3 Å². The highest BCUT2D eigenvalue weighted by Gasteiger charge is 2.25. The minimum Gasteiger partial charge on any atom is -0.510 e. The van der Waals surface area contributed by atoms with Crippen molar-refractivity contribution >= 4 is 5.91 Å². The zero-order valence-electron chi connectivity index (χ0n) is 6.98. The lowest BCUT2D eigenvalue weighted by Crippen LogP contribution is -2.40. The molecular formula is C7H13NO4. The number of nitrogens with two attached hydrogens (primary N) is 1. The number of aliphatic hydroxyl groups is 3. The first kappa shape index (κ1) is 10.9. The topological polar surface area (TPSA) is 104 Å². The van der Waals surface area contributed by atoms with Crippen LogP contribution < -0.4 is 5.73 Å². The van der Waals surface area contributed by atoms with Gasteiger partial charge in [-0.1, -0.05) is 0 Å². The molecule has 0 aliphatic rings. The van der Waals surface area contributed by atoms with Gasteiger partial charge in [-0.3, -0.25) is 4.79 Å². The standard InChI is InChI=1S/C7H13NO4/c1-3(2)4(9)5(10)6(11)7(8)12/h5-6,9-11H,1-2H3,(H2,8,12)/t5-,6-/m1/s1. The molecule has 0 fully saturated rings. The molecule has 0 aromatic rings. The summed E-state index contributed by atoms with van der Waals surface area (Å²) < 4.78 is 0. The second-order valence-electron chi connectivity index (χ2n) is 2.68. The molecule has 0 bridgehead atoms. The van der Waals surface area contributed by atoms with Gasteiger partial charge in [0, 0.05) is 0 Å². The molecule has 2 atom stereocenters. The first-order valence-electron chi connectivity index (χ1n) is 3.39.